The molecule has 1 fully saturated rings. The van der Waals surface area contributed by atoms with E-state index in [2.05, 4.69) is 0 Å². The molecule has 1 rings (SSSR count). The summed E-state index contributed by atoms with van der Waals surface area (Å²) in [6.45, 7) is 2.78. The first kappa shape index (κ1) is 7.28. The van der Waals surface area contributed by atoms with E-state index in [-0.39, 0.29) is 12.0 Å². The van der Waals surface area contributed by atoms with Crippen molar-refractivity contribution in [2.24, 2.45) is 0 Å². The summed E-state index contributed by atoms with van der Waals surface area (Å²) in [5.74, 6) is -0.00667. The number of carbonyl (C=O) groups excluding carboxylic acids is 1. The van der Waals surface area contributed by atoms with Crippen LogP contribution < -0.4 is 0 Å². The Morgan fingerprint density at radius 2 is 2.30 bits per heavy atom. The number of hydrogen-bond acceptors (Lipinski definition) is 2. The molecule has 0 aromatic carbocycles. The summed E-state index contributed by atoms with van der Waals surface area (Å²) in [4.78, 5) is 12.5. The second-order valence-corrected chi connectivity index (χ2v) is 2.40. The zero-order valence-electron chi connectivity index (χ0n) is 5.95. The predicted molar refractivity (Wildman–Crippen MR) is 37.4 cm³/mol. The SMILES string of the molecule is CC=CC(=O)N1CC(O)C1. The number of nitrogens with zero attached hydrogens (tertiary/aromatic N) is 1. The molecular formula is C7H11NO2. The first-order valence-corrected chi connectivity index (χ1v) is 3.33. The molecule has 0 saturated carbocycles. The van der Waals surface area contributed by atoms with Crippen LogP contribution in [-0.2, 0) is 4.79 Å². The summed E-state index contributed by atoms with van der Waals surface area (Å²) in [6, 6.07) is 0. The van der Waals surface area contributed by atoms with Crippen molar-refractivity contribution in [3.8, 4) is 0 Å². The minimum atomic E-state index is -0.297. The average Bonchev–Trinajstić information content (AvgIpc) is 1.82. The molecule has 3 heteroatoms. The van der Waals surface area contributed by atoms with Crippen molar-refractivity contribution in [2.45, 2.75) is 13.0 Å². The fraction of sp³-hybridized carbons (Fsp3) is 0.571. The molecule has 1 aliphatic rings. The Morgan fingerprint density at radius 1 is 1.70 bits per heavy atom. The number of allylic oxidation sites excluding steroid dienone is 1. The van der Waals surface area contributed by atoms with Crippen LogP contribution in [0.5, 0.6) is 0 Å². The minimum Gasteiger partial charge on any atom is -0.389 e. The van der Waals surface area contributed by atoms with Crippen molar-refractivity contribution in [1.29, 1.82) is 0 Å². The van der Waals surface area contributed by atoms with Gasteiger partial charge in [-0.25, -0.2) is 0 Å². The smallest absolute Gasteiger partial charge is 0.246 e. The van der Waals surface area contributed by atoms with E-state index >= 15 is 0 Å². The van der Waals surface area contributed by atoms with Crippen molar-refractivity contribution in [1.82, 2.24) is 4.90 Å². The standard InChI is InChI=1S/C7H11NO2/c1-2-3-7(10)8-4-6(9)5-8/h2-3,6,9H,4-5H2,1H3. The van der Waals surface area contributed by atoms with E-state index in [1.54, 1.807) is 17.9 Å². The molecule has 1 heterocycles. The number of β-amino-alcohol motifs (C(OH)–C–C–N with tert-alkyl or cyclic N) is 1. The van der Waals surface area contributed by atoms with Gasteiger partial charge in [0.2, 0.25) is 5.91 Å². The maximum absolute atomic E-state index is 10.9. The largest absolute Gasteiger partial charge is 0.389 e. The van der Waals surface area contributed by atoms with Crippen molar-refractivity contribution in [3.05, 3.63) is 12.2 Å². The van der Waals surface area contributed by atoms with Gasteiger partial charge < -0.3 is 10.0 Å². The summed E-state index contributed by atoms with van der Waals surface area (Å²) in [5.41, 5.74) is 0. The molecule has 0 radical (unpaired) electrons. The summed E-state index contributed by atoms with van der Waals surface area (Å²) >= 11 is 0. The second kappa shape index (κ2) is 2.84. The Labute approximate surface area is 59.9 Å². The molecule has 1 amide bonds. The Morgan fingerprint density at radius 3 is 2.70 bits per heavy atom. The monoisotopic (exact) mass is 141 g/mol. The normalized spacial score (nSPS) is 19.6. The molecule has 56 valence electrons. The maximum Gasteiger partial charge on any atom is 0.246 e. The Hall–Kier alpha value is -0.830. The lowest BCUT2D eigenvalue weighted by Gasteiger charge is -2.34. The van der Waals surface area contributed by atoms with Crippen LogP contribution in [0.15, 0.2) is 12.2 Å². The van der Waals surface area contributed by atoms with Gasteiger partial charge in [-0.15, -0.1) is 0 Å². The second-order valence-electron chi connectivity index (χ2n) is 2.40. The molecule has 3 nitrogen and oxygen atoms in total. The van der Waals surface area contributed by atoms with Crippen molar-refractivity contribution in [3.63, 3.8) is 0 Å². The molecular weight excluding hydrogens is 130 g/mol. The third-order valence-electron chi connectivity index (χ3n) is 1.48. The van der Waals surface area contributed by atoms with Gasteiger partial charge in [0.1, 0.15) is 0 Å². The van der Waals surface area contributed by atoms with Gasteiger partial charge in [0.15, 0.2) is 0 Å². The summed E-state index contributed by atoms with van der Waals surface area (Å²) < 4.78 is 0. The van der Waals surface area contributed by atoms with Crippen LogP contribution in [0.2, 0.25) is 0 Å². The number of aliphatic hydroxyl groups is 1. The lowest BCUT2D eigenvalue weighted by molar-refractivity contribution is -0.135. The Bertz CT molecular complexity index is 159. The highest BCUT2D eigenvalue weighted by Gasteiger charge is 2.26. The third-order valence-corrected chi connectivity index (χ3v) is 1.48. The van der Waals surface area contributed by atoms with Gasteiger partial charge in [-0.2, -0.15) is 0 Å². The van der Waals surface area contributed by atoms with Gasteiger partial charge in [0, 0.05) is 13.1 Å². The first-order valence-electron chi connectivity index (χ1n) is 3.33. The van der Waals surface area contributed by atoms with Gasteiger partial charge in [0.05, 0.1) is 6.10 Å². The van der Waals surface area contributed by atoms with Gasteiger partial charge >= 0.3 is 0 Å². The van der Waals surface area contributed by atoms with Crippen LogP contribution in [0.4, 0.5) is 0 Å². The molecule has 0 spiro atoms. The number of rotatable bonds is 1. The van der Waals surface area contributed by atoms with E-state index in [4.69, 9.17) is 5.11 Å². The number of carbonyl (C=O) groups is 1. The predicted octanol–water partition coefficient (Wildman–Crippen LogP) is -0.234. The molecule has 0 aromatic rings. The van der Waals surface area contributed by atoms with Crippen molar-refractivity contribution < 1.29 is 9.90 Å². The Balaban J connectivity index is 2.31. The molecule has 0 atom stereocenters. The van der Waals surface area contributed by atoms with Crippen LogP contribution in [0.25, 0.3) is 0 Å². The fourth-order valence-corrected chi connectivity index (χ4v) is 0.883. The van der Waals surface area contributed by atoms with Gasteiger partial charge in [0.25, 0.3) is 0 Å². The molecule has 0 bridgehead atoms. The molecule has 0 unspecified atom stereocenters. The van der Waals surface area contributed by atoms with Gasteiger partial charge in [-0.3, -0.25) is 4.79 Å². The number of aliphatic hydroxyl groups excluding tert-OH is 1. The number of hydrogen-bond donors (Lipinski definition) is 1. The molecule has 1 N–H and O–H groups in total. The summed E-state index contributed by atoms with van der Waals surface area (Å²) in [7, 11) is 0. The number of amides is 1. The first-order chi connectivity index (χ1) is 4.74. The van der Waals surface area contributed by atoms with Crippen molar-refractivity contribution in [2.75, 3.05) is 13.1 Å². The molecule has 0 aliphatic carbocycles. The van der Waals surface area contributed by atoms with E-state index in [0.29, 0.717) is 13.1 Å². The van der Waals surface area contributed by atoms with Gasteiger partial charge in [-0.1, -0.05) is 6.08 Å². The lowest BCUT2D eigenvalue weighted by Crippen LogP contribution is -2.52. The van der Waals surface area contributed by atoms with E-state index in [0.717, 1.165) is 0 Å². The van der Waals surface area contributed by atoms with Gasteiger partial charge in [-0.05, 0) is 13.0 Å². The molecule has 10 heavy (non-hydrogen) atoms. The molecule has 1 saturated heterocycles. The van der Waals surface area contributed by atoms with E-state index in [9.17, 15) is 4.79 Å². The highest BCUT2D eigenvalue weighted by molar-refractivity contribution is 5.88. The highest BCUT2D eigenvalue weighted by Crippen LogP contribution is 2.07. The maximum atomic E-state index is 10.9. The van der Waals surface area contributed by atoms with E-state index in [1.165, 1.54) is 6.08 Å². The highest BCUT2D eigenvalue weighted by atomic mass is 16.3. The fourth-order valence-electron chi connectivity index (χ4n) is 0.883. The van der Waals surface area contributed by atoms with Crippen LogP contribution in [0.1, 0.15) is 6.92 Å². The Kier molecular flexibility index (Phi) is 2.06. The van der Waals surface area contributed by atoms with Crippen LogP contribution in [0.3, 0.4) is 0 Å². The summed E-state index contributed by atoms with van der Waals surface area (Å²) in [5, 5.41) is 8.82. The minimum absolute atomic E-state index is 0.00667. The molecule has 0 aromatic heterocycles. The van der Waals surface area contributed by atoms with E-state index < -0.39 is 0 Å². The molecule has 1 aliphatic heterocycles. The van der Waals surface area contributed by atoms with Crippen molar-refractivity contribution >= 4 is 5.91 Å². The number of likely N-dealkylation sites (tertiary alicyclic amines) is 1. The third kappa shape index (κ3) is 1.36. The zero-order valence-corrected chi connectivity index (χ0v) is 5.95. The van der Waals surface area contributed by atoms with E-state index in [1.807, 2.05) is 0 Å². The topological polar surface area (TPSA) is 40.5 Å². The zero-order chi connectivity index (χ0) is 7.56. The average molecular weight is 141 g/mol. The lowest BCUT2D eigenvalue weighted by atomic mass is 10.2. The quantitative estimate of drug-likeness (QED) is 0.512. The van der Waals surface area contributed by atoms with Crippen LogP contribution in [0, 0.1) is 0 Å². The van der Waals surface area contributed by atoms with Crippen LogP contribution in [-0.4, -0.2) is 35.1 Å². The van der Waals surface area contributed by atoms with Crippen LogP contribution >= 0.6 is 0 Å². The summed E-state index contributed by atoms with van der Waals surface area (Å²) in [6.07, 6.45) is 2.91.